The maximum atomic E-state index is 13.4. The topological polar surface area (TPSA) is 163 Å². The molecule has 0 saturated carbocycles. The lowest BCUT2D eigenvalue weighted by molar-refractivity contribution is 0.0567. The van der Waals surface area contributed by atoms with Gasteiger partial charge in [-0.2, -0.15) is 0 Å². The Bertz CT molecular complexity index is 1360. The molecule has 1 saturated heterocycles. The van der Waals surface area contributed by atoms with Crippen LogP contribution in [0.4, 0.5) is 17.2 Å². The number of anilines is 3. The fourth-order valence-electron chi connectivity index (χ4n) is 4.82. The summed E-state index contributed by atoms with van der Waals surface area (Å²) in [5.74, 6) is 0.807. The Kier molecular flexibility index (Phi) is 7.36. The zero-order valence-corrected chi connectivity index (χ0v) is 21.7. The number of hydrogen-bond acceptors (Lipinski definition) is 8. The minimum atomic E-state index is -3.48. The highest BCUT2D eigenvalue weighted by Crippen LogP contribution is 2.32. The van der Waals surface area contributed by atoms with Gasteiger partial charge in [-0.3, -0.25) is 9.10 Å². The molecule has 1 amide bonds. The van der Waals surface area contributed by atoms with Crippen LogP contribution in [-0.2, 0) is 16.6 Å². The van der Waals surface area contributed by atoms with Crippen molar-refractivity contribution in [2.24, 2.45) is 11.7 Å². The second kappa shape index (κ2) is 10.3. The number of rotatable bonds is 8. The summed E-state index contributed by atoms with van der Waals surface area (Å²) in [5.41, 5.74) is 14.7. The van der Waals surface area contributed by atoms with Crippen molar-refractivity contribution in [3.05, 3.63) is 41.9 Å². The lowest BCUT2D eigenvalue weighted by Gasteiger charge is -2.37. The third kappa shape index (κ3) is 5.24. The molecule has 4 rings (SSSR count). The minimum Gasteiger partial charge on any atom is -0.396 e. The number of pyridine rings is 2. The van der Waals surface area contributed by atoms with Crippen LogP contribution in [0.25, 0.3) is 11.0 Å². The molecule has 1 aliphatic heterocycles. The fraction of sp³-hybridized carbons (Fsp3) is 0.458. The third-order valence-electron chi connectivity index (χ3n) is 6.86. The zero-order valence-electron chi connectivity index (χ0n) is 20.9. The Labute approximate surface area is 211 Å². The van der Waals surface area contributed by atoms with Gasteiger partial charge in [-0.15, -0.1) is 0 Å². The minimum absolute atomic E-state index is 0.0689. The summed E-state index contributed by atoms with van der Waals surface area (Å²) in [6, 6.07) is 5.44. The number of H-pyrrole nitrogens is 1. The predicted molar refractivity (Wildman–Crippen MR) is 142 cm³/mol. The van der Waals surface area contributed by atoms with E-state index in [9.17, 15) is 13.2 Å². The number of hydrogen-bond donors (Lipinski definition) is 4. The van der Waals surface area contributed by atoms with Crippen LogP contribution in [0.1, 0.15) is 42.2 Å². The number of carbonyl (C=O) groups is 1. The van der Waals surface area contributed by atoms with Gasteiger partial charge < -0.3 is 26.7 Å². The van der Waals surface area contributed by atoms with Crippen molar-refractivity contribution >= 4 is 44.2 Å². The summed E-state index contributed by atoms with van der Waals surface area (Å²) in [6.07, 6.45) is 7.07. The van der Waals surface area contributed by atoms with E-state index in [1.54, 1.807) is 24.4 Å². The molecule has 2 atom stereocenters. The van der Waals surface area contributed by atoms with E-state index in [0.29, 0.717) is 58.5 Å². The number of nitrogen functional groups attached to an aromatic ring is 1. The van der Waals surface area contributed by atoms with Crippen molar-refractivity contribution in [3.8, 4) is 0 Å². The molecule has 3 aromatic rings. The molecule has 1 unspecified atom stereocenters. The van der Waals surface area contributed by atoms with Crippen LogP contribution in [-0.4, -0.2) is 66.6 Å². The molecule has 36 heavy (non-hydrogen) atoms. The van der Waals surface area contributed by atoms with Crippen LogP contribution in [0.5, 0.6) is 0 Å². The molecule has 194 valence electrons. The summed E-state index contributed by atoms with van der Waals surface area (Å²) in [7, 11) is -2.02. The van der Waals surface area contributed by atoms with Gasteiger partial charge in [-0.1, -0.05) is 6.07 Å². The quantitative estimate of drug-likeness (QED) is 0.355. The molecule has 0 aromatic carbocycles. The van der Waals surface area contributed by atoms with Gasteiger partial charge >= 0.3 is 0 Å². The molecule has 11 nitrogen and oxygen atoms in total. The molecule has 1 fully saturated rings. The van der Waals surface area contributed by atoms with Crippen molar-refractivity contribution in [3.63, 3.8) is 0 Å². The van der Waals surface area contributed by atoms with E-state index < -0.39 is 10.0 Å². The van der Waals surface area contributed by atoms with E-state index >= 15 is 0 Å². The highest BCUT2D eigenvalue weighted by molar-refractivity contribution is 7.92. The van der Waals surface area contributed by atoms with E-state index in [-0.39, 0.29) is 18.5 Å². The number of nitrogens with one attached hydrogen (secondary N) is 2. The summed E-state index contributed by atoms with van der Waals surface area (Å²) < 4.78 is 25.2. The van der Waals surface area contributed by atoms with Crippen LogP contribution < -0.4 is 21.1 Å². The maximum Gasteiger partial charge on any atom is 0.270 e. The Morgan fingerprint density at radius 3 is 2.83 bits per heavy atom. The van der Waals surface area contributed by atoms with Gasteiger partial charge in [0.2, 0.25) is 10.0 Å². The summed E-state index contributed by atoms with van der Waals surface area (Å²) in [6.45, 7) is 3.71. The molecule has 3 aromatic heterocycles. The summed E-state index contributed by atoms with van der Waals surface area (Å²) >= 11 is 0. The molecule has 0 bridgehead atoms. The smallest absolute Gasteiger partial charge is 0.270 e. The number of sulfonamides is 1. The van der Waals surface area contributed by atoms with Crippen LogP contribution in [0.15, 0.2) is 30.6 Å². The van der Waals surface area contributed by atoms with Crippen LogP contribution in [0.2, 0.25) is 0 Å². The average molecular weight is 515 g/mol. The van der Waals surface area contributed by atoms with Crippen LogP contribution >= 0.6 is 0 Å². The number of nitrogens with zero attached hydrogens (tertiary/aromatic N) is 4. The Morgan fingerprint density at radius 2 is 2.14 bits per heavy atom. The van der Waals surface area contributed by atoms with Crippen LogP contribution in [0, 0.1) is 5.92 Å². The van der Waals surface area contributed by atoms with Crippen molar-refractivity contribution in [2.45, 2.75) is 38.8 Å². The van der Waals surface area contributed by atoms with Gasteiger partial charge in [0.1, 0.15) is 17.2 Å². The van der Waals surface area contributed by atoms with E-state index in [1.165, 1.54) is 13.2 Å². The van der Waals surface area contributed by atoms with Crippen molar-refractivity contribution < 1.29 is 13.2 Å². The summed E-state index contributed by atoms with van der Waals surface area (Å²) in [5, 5.41) is 3.98. The lowest BCUT2D eigenvalue weighted by atomic mass is 9.89. The van der Waals surface area contributed by atoms with Crippen LogP contribution in [0.3, 0.4) is 0 Å². The molecule has 1 aliphatic rings. The van der Waals surface area contributed by atoms with Crippen molar-refractivity contribution in [1.29, 1.82) is 0 Å². The van der Waals surface area contributed by atoms with Gasteiger partial charge in [-0.05, 0) is 50.8 Å². The number of nitrogens with two attached hydrogens (primary N) is 2. The number of likely N-dealkylation sites (tertiary alicyclic amines) is 1. The maximum absolute atomic E-state index is 13.4. The molecule has 0 radical (unpaired) electrons. The second-order valence-corrected chi connectivity index (χ2v) is 11.4. The number of fused-ring (bicyclic) bond motifs is 1. The number of aromatic nitrogens is 3. The fourth-order valence-corrected chi connectivity index (χ4v) is 5.30. The van der Waals surface area contributed by atoms with Gasteiger partial charge in [0.25, 0.3) is 5.91 Å². The zero-order chi connectivity index (χ0) is 26.0. The largest absolute Gasteiger partial charge is 0.396 e. The number of aromatic amines is 1. The standard InChI is InChI=1S/C24H34N8O3S/c1-15-11-16(6-8-25)7-10-32(15)24(33)20-12-18-21(19(26)14-29-22(18)30-20)28-13-17-5-4-9-27-23(17)31(2)36(3,34)35/h4-5,9,12,14-16H,6-8,10-11,13,25-26H2,1-3H3,(H2,28,29,30)/t15-,16?/m0/s1. The third-order valence-corrected chi connectivity index (χ3v) is 8.03. The molecule has 12 heteroatoms. The highest BCUT2D eigenvalue weighted by atomic mass is 32.2. The monoisotopic (exact) mass is 514 g/mol. The summed E-state index contributed by atoms with van der Waals surface area (Å²) in [4.78, 5) is 27.0. The van der Waals surface area contributed by atoms with Gasteiger partial charge in [-0.25, -0.2) is 18.4 Å². The Balaban J connectivity index is 1.58. The molecule has 6 N–H and O–H groups in total. The Hall–Kier alpha value is -3.38. The molecule has 0 spiro atoms. The van der Waals surface area contributed by atoms with Crippen molar-refractivity contribution in [2.75, 3.05) is 41.7 Å². The SMILES string of the molecule is C[C@H]1CC(CCN)CCN1C(=O)c1cc2c(NCc3cccnc3N(C)S(C)(=O)=O)c(N)cnc2[nH]1. The lowest BCUT2D eigenvalue weighted by Crippen LogP contribution is -2.45. The van der Waals surface area contributed by atoms with Gasteiger partial charge in [0, 0.05) is 43.3 Å². The molecule has 0 aliphatic carbocycles. The first kappa shape index (κ1) is 25.7. The van der Waals surface area contributed by atoms with Gasteiger partial charge in [0.15, 0.2) is 0 Å². The van der Waals surface area contributed by atoms with Gasteiger partial charge in [0.05, 0.1) is 23.8 Å². The Morgan fingerprint density at radius 1 is 1.36 bits per heavy atom. The first-order chi connectivity index (χ1) is 17.1. The molecular formula is C24H34N8O3S. The van der Waals surface area contributed by atoms with E-state index in [2.05, 4.69) is 27.2 Å². The highest BCUT2D eigenvalue weighted by Gasteiger charge is 2.30. The molecule has 4 heterocycles. The molecular weight excluding hydrogens is 480 g/mol. The van der Waals surface area contributed by atoms with E-state index in [1.807, 2.05) is 4.90 Å². The second-order valence-electron chi connectivity index (χ2n) is 9.42. The number of amides is 1. The number of carbonyl (C=O) groups excluding carboxylic acids is 1. The van der Waals surface area contributed by atoms with E-state index in [4.69, 9.17) is 11.5 Å². The first-order valence-corrected chi connectivity index (χ1v) is 13.8. The number of piperidine rings is 1. The average Bonchev–Trinajstić information content (AvgIpc) is 3.27. The van der Waals surface area contributed by atoms with Crippen molar-refractivity contribution in [1.82, 2.24) is 19.9 Å². The predicted octanol–water partition coefficient (Wildman–Crippen LogP) is 2.14. The normalized spacial score (nSPS) is 18.4. The first-order valence-electron chi connectivity index (χ1n) is 12.0. The van der Waals surface area contributed by atoms with E-state index in [0.717, 1.165) is 29.8 Å².